The van der Waals surface area contributed by atoms with Crippen molar-refractivity contribution < 1.29 is 9.59 Å². The quantitative estimate of drug-likeness (QED) is 0.466. The molecule has 1 aromatic heterocycles. The molecule has 33 heavy (non-hydrogen) atoms. The van der Waals surface area contributed by atoms with Gasteiger partial charge in [-0.1, -0.05) is 73.7 Å². The summed E-state index contributed by atoms with van der Waals surface area (Å²) in [5.41, 5.74) is 5.90. The van der Waals surface area contributed by atoms with Crippen LogP contribution in [0.3, 0.4) is 0 Å². The van der Waals surface area contributed by atoms with E-state index < -0.39 is 0 Å². The lowest BCUT2D eigenvalue weighted by atomic mass is 9.93. The van der Waals surface area contributed by atoms with E-state index in [0.29, 0.717) is 12.1 Å². The third-order valence-electron chi connectivity index (χ3n) is 6.41. The summed E-state index contributed by atoms with van der Waals surface area (Å²) in [5, 5.41) is 4.02. The number of para-hydroxylation sites is 1. The largest absolute Gasteiger partial charge is 0.355 e. The van der Waals surface area contributed by atoms with Crippen LogP contribution in [0.25, 0.3) is 22.2 Å². The van der Waals surface area contributed by atoms with Gasteiger partial charge in [-0.2, -0.15) is 0 Å². The smallest absolute Gasteiger partial charge is 0.255 e. The second-order valence-electron chi connectivity index (χ2n) is 8.48. The summed E-state index contributed by atoms with van der Waals surface area (Å²) in [6.07, 6.45) is 0.852. The molecule has 0 radical (unpaired) electrons. The second-order valence-corrected chi connectivity index (χ2v) is 8.48. The van der Waals surface area contributed by atoms with Crippen molar-refractivity contribution in [1.82, 2.24) is 14.8 Å². The topological polar surface area (TPSA) is 54.3 Å². The Labute approximate surface area is 193 Å². The molecule has 1 atom stereocenters. The molecule has 1 aliphatic rings. The fraction of sp³-hybridized carbons (Fsp3) is 0.214. The third-order valence-corrected chi connectivity index (χ3v) is 6.41. The van der Waals surface area contributed by atoms with E-state index in [1.165, 1.54) is 0 Å². The molecule has 1 unspecified atom stereocenters. The second kappa shape index (κ2) is 8.58. The number of carbonyl (C=O) groups excluding carboxylic acids is 2. The average molecular weight is 438 g/mol. The maximum absolute atomic E-state index is 13.5. The summed E-state index contributed by atoms with van der Waals surface area (Å²) in [6, 6.07) is 25.9. The van der Waals surface area contributed by atoms with E-state index in [2.05, 4.69) is 41.2 Å². The van der Waals surface area contributed by atoms with E-state index in [1.807, 2.05) is 61.5 Å². The van der Waals surface area contributed by atoms with Gasteiger partial charge in [-0.15, -0.1) is 0 Å². The molecule has 0 saturated heterocycles. The van der Waals surface area contributed by atoms with E-state index in [-0.39, 0.29) is 24.4 Å². The van der Waals surface area contributed by atoms with Crippen LogP contribution in [0.2, 0.25) is 0 Å². The zero-order valence-electron chi connectivity index (χ0n) is 18.9. The lowest BCUT2D eigenvalue weighted by molar-refractivity contribution is -0.122. The highest BCUT2D eigenvalue weighted by Crippen LogP contribution is 2.46. The van der Waals surface area contributed by atoms with Crippen molar-refractivity contribution in [3.05, 3.63) is 95.6 Å². The highest BCUT2D eigenvalue weighted by molar-refractivity contribution is 6.03. The molecule has 1 N–H and O–H groups in total. The fourth-order valence-corrected chi connectivity index (χ4v) is 4.96. The summed E-state index contributed by atoms with van der Waals surface area (Å²) in [4.78, 5) is 28.0. The molecule has 0 bridgehead atoms. The Morgan fingerprint density at radius 3 is 2.42 bits per heavy atom. The van der Waals surface area contributed by atoms with Gasteiger partial charge < -0.3 is 14.8 Å². The molecule has 4 aromatic rings. The number of nitrogens with one attached hydrogen (secondary N) is 1. The SMILES string of the molecule is CCCNC(=O)CN1C(=O)c2ccccc2C1c1c(-c2ccccc2)n(C)c2ccccc12. The van der Waals surface area contributed by atoms with Gasteiger partial charge in [0.25, 0.3) is 5.91 Å². The van der Waals surface area contributed by atoms with E-state index in [1.54, 1.807) is 4.90 Å². The Balaban J connectivity index is 1.75. The van der Waals surface area contributed by atoms with Crippen molar-refractivity contribution in [2.24, 2.45) is 7.05 Å². The van der Waals surface area contributed by atoms with Crippen LogP contribution >= 0.6 is 0 Å². The lowest BCUT2D eigenvalue weighted by Crippen LogP contribution is -2.39. The van der Waals surface area contributed by atoms with Gasteiger partial charge in [0.05, 0.1) is 11.7 Å². The van der Waals surface area contributed by atoms with Gasteiger partial charge in [0, 0.05) is 35.6 Å². The molecule has 5 nitrogen and oxygen atoms in total. The molecular formula is C28H27N3O2. The van der Waals surface area contributed by atoms with Crippen LogP contribution in [0.5, 0.6) is 0 Å². The van der Waals surface area contributed by atoms with Gasteiger partial charge in [-0.25, -0.2) is 0 Å². The van der Waals surface area contributed by atoms with E-state index in [0.717, 1.165) is 39.7 Å². The van der Waals surface area contributed by atoms with Crippen molar-refractivity contribution >= 4 is 22.7 Å². The van der Waals surface area contributed by atoms with Crippen molar-refractivity contribution in [3.63, 3.8) is 0 Å². The number of benzene rings is 3. The van der Waals surface area contributed by atoms with Gasteiger partial charge in [0.1, 0.15) is 6.54 Å². The molecule has 166 valence electrons. The molecular weight excluding hydrogens is 410 g/mol. The van der Waals surface area contributed by atoms with Crippen molar-refractivity contribution in [3.8, 4) is 11.3 Å². The summed E-state index contributed by atoms with van der Waals surface area (Å²) >= 11 is 0. The van der Waals surface area contributed by atoms with Crippen LogP contribution in [0.4, 0.5) is 0 Å². The summed E-state index contributed by atoms with van der Waals surface area (Å²) in [6.45, 7) is 2.64. The van der Waals surface area contributed by atoms with Crippen LogP contribution in [-0.4, -0.2) is 34.4 Å². The first-order valence-corrected chi connectivity index (χ1v) is 11.4. The van der Waals surface area contributed by atoms with Crippen LogP contribution < -0.4 is 5.32 Å². The number of hydrogen-bond acceptors (Lipinski definition) is 2. The van der Waals surface area contributed by atoms with Crippen molar-refractivity contribution in [2.45, 2.75) is 19.4 Å². The van der Waals surface area contributed by atoms with E-state index in [4.69, 9.17) is 0 Å². The van der Waals surface area contributed by atoms with Crippen LogP contribution in [0.1, 0.15) is 40.9 Å². The molecule has 2 amide bonds. The first kappa shape index (κ1) is 21.0. The molecule has 1 aliphatic heterocycles. The molecule has 0 saturated carbocycles. The van der Waals surface area contributed by atoms with Crippen LogP contribution in [0, 0.1) is 0 Å². The minimum absolute atomic E-state index is 0.0234. The Bertz CT molecular complexity index is 1340. The third kappa shape index (κ3) is 3.50. The van der Waals surface area contributed by atoms with E-state index in [9.17, 15) is 9.59 Å². The summed E-state index contributed by atoms with van der Waals surface area (Å²) in [7, 11) is 2.06. The average Bonchev–Trinajstić information content (AvgIpc) is 3.29. The monoisotopic (exact) mass is 437 g/mol. The Hall–Kier alpha value is -3.86. The van der Waals surface area contributed by atoms with E-state index >= 15 is 0 Å². The lowest BCUT2D eigenvalue weighted by Gasteiger charge is -2.26. The molecule has 5 rings (SSSR count). The zero-order valence-corrected chi connectivity index (χ0v) is 18.9. The van der Waals surface area contributed by atoms with Crippen molar-refractivity contribution in [1.29, 1.82) is 0 Å². The predicted octanol–water partition coefficient (Wildman–Crippen LogP) is 4.92. The van der Waals surface area contributed by atoms with Crippen molar-refractivity contribution in [2.75, 3.05) is 13.1 Å². The number of aromatic nitrogens is 1. The number of fused-ring (bicyclic) bond motifs is 2. The normalized spacial score (nSPS) is 15.2. The highest BCUT2D eigenvalue weighted by Gasteiger charge is 2.41. The molecule has 2 heterocycles. The minimum atomic E-state index is -0.345. The molecule has 5 heteroatoms. The number of carbonyl (C=O) groups is 2. The number of amides is 2. The van der Waals surface area contributed by atoms with Gasteiger partial charge >= 0.3 is 0 Å². The first-order valence-electron chi connectivity index (χ1n) is 11.4. The molecule has 0 spiro atoms. The van der Waals surface area contributed by atoms with Crippen LogP contribution in [0.15, 0.2) is 78.9 Å². The van der Waals surface area contributed by atoms with Crippen LogP contribution in [-0.2, 0) is 11.8 Å². The summed E-state index contributed by atoms with van der Waals surface area (Å²) < 4.78 is 2.20. The maximum Gasteiger partial charge on any atom is 0.255 e. The Kier molecular flexibility index (Phi) is 5.47. The van der Waals surface area contributed by atoms with Gasteiger partial charge in [-0.3, -0.25) is 9.59 Å². The van der Waals surface area contributed by atoms with Gasteiger partial charge in [0.2, 0.25) is 5.91 Å². The minimum Gasteiger partial charge on any atom is -0.355 e. The molecule has 0 fully saturated rings. The summed E-state index contributed by atoms with van der Waals surface area (Å²) in [5.74, 6) is -0.237. The fourth-order valence-electron chi connectivity index (χ4n) is 4.96. The standard InChI is InChI=1S/C28H27N3O2/c1-3-17-29-24(32)18-31-27(20-13-7-8-14-21(20)28(31)33)25-22-15-9-10-16-23(22)30(2)26(25)19-11-5-4-6-12-19/h4-16,27H,3,17-18H2,1-2H3,(H,29,32). The Morgan fingerprint density at radius 1 is 0.939 bits per heavy atom. The number of aryl methyl sites for hydroxylation is 1. The first-order chi connectivity index (χ1) is 16.1. The molecule has 3 aromatic carbocycles. The Morgan fingerprint density at radius 2 is 1.64 bits per heavy atom. The number of hydrogen-bond donors (Lipinski definition) is 1. The molecule has 0 aliphatic carbocycles. The predicted molar refractivity (Wildman–Crippen MR) is 131 cm³/mol. The highest BCUT2D eigenvalue weighted by atomic mass is 16.2. The van der Waals surface area contributed by atoms with Gasteiger partial charge in [-0.05, 0) is 29.7 Å². The van der Waals surface area contributed by atoms with Gasteiger partial charge in [0.15, 0.2) is 0 Å². The number of rotatable bonds is 6. The maximum atomic E-state index is 13.5. The number of nitrogens with zero attached hydrogens (tertiary/aromatic N) is 2. The zero-order chi connectivity index (χ0) is 22.9.